The van der Waals surface area contributed by atoms with Crippen molar-refractivity contribution in [2.45, 2.75) is 39.2 Å². The molecule has 0 unspecified atom stereocenters. The van der Waals surface area contributed by atoms with Crippen molar-refractivity contribution in [3.8, 4) is 0 Å². The maximum Gasteiger partial charge on any atom is 0.254 e. The molecule has 6 nitrogen and oxygen atoms in total. The van der Waals surface area contributed by atoms with Gasteiger partial charge < -0.3 is 9.88 Å². The Morgan fingerprint density at radius 2 is 2.19 bits per heavy atom. The second-order valence-electron chi connectivity index (χ2n) is 5.74. The van der Waals surface area contributed by atoms with E-state index in [1.54, 1.807) is 10.9 Å². The number of aromatic nitrogens is 4. The molecule has 0 spiro atoms. The lowest BCUT2D eigenvalue weighted by atomic mass is 10.2. The van der Waals surface area contributed by atoms with E-state index in [1.165, 1.54) is 18.7 Å². The van der Waals surface area contributed by atoms with Crippen LogP contribution in [0.3, 0.4) is 0 Å². The zero-order valence-electron chi connectivity index (χ0n) is 12.8. The maximum atomic E-state index is 12.1. The zero-order chi connectivity index (χ0) is 15.0. The van der Waals surface area contributed by atoms with Crippen LogP contribution in [0.1, 0.15) is 46.3 Å². The predicted octanol–water partition coefficient (Wildman–Crippen LogP) is 1.54. The maximum absolute atomic E-state index is 12.1. The molecule has 0 saturated heterocycles. The van der Waals surface area contributed by atoms with E-state index in [2.05, 4.69) is 26.9 Å². The van der Waals surface area contributed by atoms with Gasteiger partial charge in [0.25, 0.3) is 5.91 Å². The van der Waals surface area contributed by atoms with E-state index in [0.29, 0.717) is 18.0 Å². The Hall–Kier alpha value is -2.11. The smallest absolute Gasteiger partial charge is 0.254 e. The number of hydrogen-bond acceptors (Lipinski definition) is 3. The van der Waals surface area contributed by atoms with Crippen LogP contribution in [0.5, 0.6) is 0 Å². The summed E-state index contributed by atoms with van der Waals surface area (Å²) in [5.74, 6) is 1.72. The third-order valence-corrected chi connectivity index (χ3v) is 3.91. The van der Waals surface area contributed by atoms with Crippen LogP contribution in [0.2, 0.25) is 0 Å². The number of imidazole rings is 1. The van der Waals surface area contributed by atoms with Gasteiger partial charge in [-0.25, -0.2) is 4.98 Å². The van der Waals surface area contributed by atoms with Crippen LogP contribution < -0.4 is 5.32 Å². The van der Waals surface area contributed by atoms with Crippen molar-refractivity contribution in [2.24, 2.45) is 7.05 Å². The van der Waals surface area contributed by atoms with Gasteiger partial charge in [0.2, 0.25) is 0 Å². The Bertz CT molecular complexity index is 666. The molecule has 1 aliphatic carbocycles. The number of nitrogens with one attached hydrogen (secondary N) is 1. The number of nitrogens with zero attached hydrogens (tertiary/aromatic N) is 4. The summed E-state index contributed by atoms with van der Waals surface area (Å²) in [5, 5.41) is 7.15. The Morgan fingerprint density at radius 3 is 2.81 bits per heavy atom. The summed E-state index contributed by atoms with van der Waals surface area (Å²) < 4.78 is 3.88. The third-order valence-electron chi connectivity index (χ3n) is 3.91. The largest absolute Gasteiger partial charge is 0.350 e. The number of aryl methyl sites for hydroxylation is 3. The van der Waals surface area contributed by atoms with Gasteiger partial charge in [-0.2, -0.15) is 5.10 Å². The summed E-state index contributed by atoms with van der Waals surface area (Å²) in [7, 11) is 1.82. The van der Waals surface area contributed by atoms with E-state index in [-0.39, 0.29) is 5.91 Å². The van der Waals surface area contributed by atoms with Crippen LogP contribution in [0.25, 0.3) is 0 Å². The molecule has 1 fully saturated rings. The quantitative estimate of drug-likeness (QED) is 0.907. The fourth-order valence-electron chi connectivity index (χ4n) is 2.64. The summed E-state index contributed by atoms with van der Waals surface area (Å²) in [6.45, 7) is 5.28. The Morgan fingerprint density at radius 1 is 1.43 bits per heavy atom. The minimum atomic E-state index is -0.0636. The third kappa shape index (κ3) is 2.84. The lowest BCUT2D eigenvalue weighted by Crippen LogP contribution is -2.28. The molecule has 112 valence electrons. The number of carbonyl (C=O) groups excluding carboxylic acids is 1. The van der Waals surface area contributed by atoms with Crippen LogP contribution in [0, 0.1) is 13.8 Å². The van der Waals surface area contributed by atoms with E-state index in [9.17, 15) is 4.79 Å². The molecule has 1 amide bonds. The van der Waals surface area contributed by atoms with Crippen LogP contribution in [0.15, 0.2) is 12.4 Å². The first-order valence-electron chi connectivity index (χ1n) is 7.36. The normalized spacial score (nSPS) is 14.4. The lowest BCUT2D eigenvalue weighted by molar-refractivity contribution is 0.0951. The molecule has 0 aliphatic heterocycles. The molecule has 2 aromatic heterocycles. The van der Waals surface area contributed by atoms with Gasteiger partial charge in [0.1, 0.15) is 5.82 Å². The lowest BCUT2D eigenvalue weighted by Gasteiger charge is -2.10. The standard InChI is InChI=1S/C15H21N5O/c1-10-8-17-14(12-4-5-12)20(10)7-6-16-15(21)13-9-19(3)18-11(13)2/h8-9,12H,4-7H2,1-3H3,(H,16,21). The van der Waals surface area contributed by atoms with E-state index >= 15 is 0 Å². The Kier molecular flexibility index (Phi) is 3.53. The molecule has 1 N–H and O–H groups in total. The minimum absolute atomic E-state index is 0.0636. The van der Waals surface area contributed by atoms with Gasteiger partial charge in [0.05, 0.1) is 11.3 Å². The van der Waals surface area contributed by atoms with Crippen molar-refractivity contribution >= 4 is 5.91 Å². The molecule has 3 rings (SSSR count). The van der Waals surface area contributed by atoms with Crippen molar-refractivity contribution in [3.05, 3.63) is 35.2 Å². The molecule has 1 aliphatic rings. The Balaban J connectivity index is 1.60. The average molecular weight is 287 g/mol. The van der Waals surface area contributed by atoms with Crippen molar-refractivity contribution in [3.63, 3.8) is 0 Å². The van der Waals surface area contributed by atoms with Crippen molar-refractivity contribution in [1.29, 1.82) is 0 Å². The fourth-order valence-corrected chi connectivity index (χ4v) is 2.64. The van der Waals surface area contributed by atoms with Crippen LogP contribution >= 0.6 is 0 Å². The van der Waals surface area contributed by atoms with Gasteiger partial charge in [-0.1, -0.05) is 0 Å². The molecule has 6 heteroatoms. The number of amides is 1. The fraction of sp³-hybridized carbons (Fsp3) is 0.533. The van der Waals surface area contributed by atoms with Gasteiger partial charge in [0.15, 0.2) is 0 Å². The highest BCUT2D eigenvalue weighted by atomic mass is 16.1. The van der Waals surface area contributed by atoms with Gasteiger partial charge in [-0.3, -0.25) is 9.48 Å². The van der Waals surface area contributed by atoms with E-state index in [0.717, 1.165) is 17.9 Å². The summed E-state index contributed by atoms with van der Waals surface area (Å²) >= 11 is 0. The molecular weight excluding hydrogens is 266 g/mol. The number of hydrogen-bond donors (Lipinski definition) is 1. The van der Waals surface area contributed by atoms with Crippen LogP contribution in [-0.2, 0) is 13.6 Å². The van der Waals surface area contributed by atoms with Gasteiger partial charge in [-0.05, 0) is 26.7 Å². The molecule has 0 atom stereocenters. The predicted molar refractivity (Wildman–Crippen MR) is 79.2 cm³/mol. The molecule has 2 heterocycles. The number of rotatable bonds is 5. The second kappa shape index (κ2) is 5.35. The highest BCUT2D eigenvalue weighted by Gasteiger charge is 2.28. The summed E-state index contributed by atoms with van der Waals surface area (Å²) in [5.41, 5.74) is 2.55. The Labute approximate surface area is 124 Å². The monoisotopic (exact) mass is 287 g/mol. The van der Waals surface area contributed by atoms with E-state index in [1.807, 2.05) is 20.2 Å². The number of carbonyl (C=O) groups is 1. The van der Waals surface area contributed by atoms with E-state index < -0.39 is 0 Å². The molecule has 0 aromatic carbocycles. The molecule has 0 radical (unpaired) electrons. The zero-order valence-corrected chi connectivity index (χ0v) is 12.8. The topological polar surface area (TPSA) is 64.7 Å². The SMILES string of the molecule is Cc1nn(C)cc1C(=O)NCCn1c(C)cnc1C1CC1. The van der Waals surface area contributed by atoms with Crippen molar-refractivity contribution < 1.29 is 4.79 Å². The van der Waals surface area contributed by atoms with Gasteiger partial charge in [0, 0.05) is 44.1 Å². The molecule has 0 bridgehead atoms. The first-order valence-corrected chi connectivity index (χ1v) is 7.36. The van der Waals surface area contributed by atoms with Crippen molar-refractivity contribution in [1.82, 2.24) is 24.6 Å². The van der Waals surface area contributed by atoms with E-state index in [4.69, 9.17) is 0 Å². The summed E-state index contributed by atoms with van der Waals surface area (Å²) in [4.78, 5) is 16.6. The summed E-state index contributed by atoms with van der Waals surface area (Å²) in [6, 6.07) is 0. The molecular formula is C15H21N5O. The average Bonchev–Trinajstić information content (AvgIpc) is 3.13. The van der Waals surface area contributed by atoms with Gasteiger partial charge in [-0.15, -0.1) is 0 Å². The molecule has 2 aromatic rings. The molecule has 1 saturated carbocycles. The highest BCUT2D eigenvalue weighted by Crippen LogP contribution is 2.39. The van der Waals surface area contributed by atoms with Crippen LogP contribution in [0.4, 0.5) is 0 Å². The van der Waals surface area contributed by atoms with Gasteiger partial charge >= 0.3 is 0 Å². The van der Waals surface area contributed by atoms with Crippen molar-refractivity contribution in [2.75, 3.05) is 6.54 Å². The van der Waals surface area contributed by atoms with Crippen LogP contribution in [-0.4, -0.2) is 31.8 Å². The molecule has 21 heavy (non-hydrogen) atoms. The first-order chi connectivity index (χ1) is 10.1. The highest BCUT2D eigenvalue weighted by molar-refractivity contribution is 5.94. The first kappa shape index (κ1) is 13.9. The minimum Gasteiger partial charge on any atom is -0.350 e. The second-order valence-corrected chi connectivity index (χ2v) is 5.74. The summed E-state index contributed by atoms with van der Waals surface area (Å²) in [6.07, 6.45) is 6.14.